The van der Waals surface area contributed by atoms with Crippen LogP contribution in [0.2, 0.25) is 0 Å². The number of amides is 1. The Morgan fingerprint density at radius 2 is 2.14 bits per heavy atom. The van der Waals surface area contributed by atoms with Gasteiger partial charge in [0.2, 0.25) is 5.91 Å². The Kier molecular flexibility index (Phi) is 6.19. The van der Waals surface area contributed by atoms with Gasteiger partial charge in [-0.2, -0.15) is 8.78 Å². The molecule has 0 aliphatic rings. The zero-order chi connectivity index (χ0) is 20.1. The first-order chi connectivity index (χ1) is 13.5. The minimum absolute atomic E-state index is 0.0772. The van der Waals surface area contributed by atoms with E-state index in [1.54, 1.807) is 17.5 Å². The molecule has 1 aromatic carbocycles. The molecule has 2 aromatic heterocycles. The molecule has 1 N–H and O–H groups in total. The molecule has 0 fully saturated rings. The summed E-state index contributed by atoms with van der Waals surface area (Å²) in [4.78, 5) is 29.2. The monoisotopic (exact) mass is 409 g/mol. The molecular weight excluding hydrogens is 392 g/mol. The number of fused-ring (bicyclic) bond motifs is 1. The van der Waals surface area contributed by atoms with Gasteiger partial charge in [0.1, 0.15) is 4.83 Å². The molecule has 0 aliphatic carbocycles. The molecule has 0 spiro atoms. The fourth-order valence-electron chi connectivity index (χ4n) is 2.58. The van der Waals surface area contributed by atoms with Gasteiger partial charge in [0.25, 0.3) is 5.56 Å². The van der Waals surface area contributed by atoms with Gasteiger partial charge < -0.3 is 14.8 Å². The van der Waals surface area contributed by atoms with E-state index in [1.165, 1.54) is 41.5 Å². The highest BCUT2D eigenvalue weighted by Crippen LogP contribution is 2.29. The Morgan fingerprint density at radius 3 is 2.89 bits per heavy atom. The largest absolute Gasteiger partial charge is 0.493 e. The predicted octanol–water partition coefficient (Wildman–Crippen LogP) is 2.77. The van der Waals surface area contributed by atoms with Gasteiger partial charge in [-0.25, -0.2) is 4.98 Å². The number of hydrogen-bond acceptors (Lipinski definition) is 6. The minimum atomic E-state index is -2.98. The van der Waals surface area contributed by atoms with E-state index in [0.29, 0.717) is 15.8 Å². The molecule has 0 bridgehead atoms. The molecule has 0 aliphatic heterocycles. The standard InChI is InChI=1S/C18H17F2N3O4S/c1-26-13-3-2-11(8-14(13)27-18(19)20)9-21-15(24)4-6-23-10-22-16-12(17(23)25)5-7-28-16/h2-3,5,7-8,10,18H,4,6,9H2,1H3,(H,21,24). The summed E-state index contributed by atoms with van der Waals surface area (Å²) in [7, 11) is 1.35. The van der Waals surface area contributed by atoms with Crippen LogP contribution in [0, 0.1) is 0 Å². The lowest BCUT2D eigenvalue weighted by atomic mass is 10.2. The number of methoxy groups -OCH3 is 1. The summed E-state index contributed by atoms with van der Waals surface area (Å²) in [6, 6.07) is 6.20. The summed E-state index contributed by atoms with van der Waals surface area (Å²) in [6.45, 7) is -2.67. The van der Waals surface area contributed by atoms with Gasteiger partial charge in [0.05, 0.1) is 18.8 Å². The number of thiophene rings is 1. The highest BCUT2D eigenvalue weighted by molar-refractivity contribution is 7.16. The number of alkyl halides is 2. The number of hydrogen-bond donors (Lipinski definition) is 1. The number of nitrogens with zero attached hydrogens (tertiary/aromatic N) is 2. The lowest BCUT2D eigenvalue weighted by molar-refractivity contribution is -0.121. The summed E-state index contributed by atoms with van der Waals surface area (Å²) < 4.78 is 35.7. The zero-order valence-electron chi connectivity index (χ0n) is 14.9. The molecule has 1 amide bonds. The topological polar surface area (TPSA) is 82.5 Å². The molecule has 7 nitrogen and oxygen atoms in total. The molecule has 10 heteroatoms. The van der Waals surface area contributed by atoms with Crippen molar-refractivity contribution in [1.82, 2.24) is 14.9 Å². The van der Waals surface area contributed by atoms with Crippen LogP contribution in [0.4, 0.5) is 8.78 Å². The summed E-state index contributed by atoms with van der Waals surface area (Å²) >= 11 is 1.38. The number of carbonyl (C=O) groups is 1. The number of carbonyl (C=O) groups excluding carboxylic acids is 1. The Balaban J connectivity index is 1.58. The van der Waals surface area contributed by atoms with Crippen LogP contribution in [-0.4, -0.2) is 29.2 Å². The fourth-order valence-corrected chi connectivity index (χ4v) is 3.31. The molecule has 28 heavy (non-hydrogen) atoms. The molecule has 0 unspecified atom stereocenters. The van der Waals surface area contributed by atoms with Crippen molar-refractivity contribution in [3.8, 4) is 11.5 Å². The molecular formula is C18H17F2N3O4S. The maximum Gasteiger partial charge on any atom is 0.387 e. The van der Waals surface area contributed by atoms with Crippen LogP contribution in [-0.2, 0) is 17.9 Å². The van der Waals surface area contributed by atoms with E-state index in [1.807, 2.05) is 0 Å². The molecule has 0 radical (unpaired) electrons. The van der Waals surface area contributed by atoms with Gasteiger partial charge in [-0.1, -0.05) is 6.07 Å². The van der Waals surface area contributed by atoms with Crippen LogP contribution in [0.5, 0.6) is 11.5 Å². The number of aromatic nitrogens is 2. The second-order valence-electron chi connectivity index (χ2n) is 5.77. The first-order valence-electron chi connectivity index (χ1n) is 8.29. The first-order valence-corrected chi connectivity index (χ1v) is 9.17. The van der Waals surface area contributed by atoms with Gasteiger partial charge >= 0.3 is 6.61 Å². The average Bonchev–Trinajstić information content (AvgIpc) is 3.15. The second-order valence-corrected chi connectivity index (χ2v) is 6.67. The van der Waals surface area contributed by atoms with Crippen molar-refractivity contribution in [3.63, 3.8) is 0 Å². The van der Waals surface area contributed by atoms with E-state index >= 15 is 0 Å². The van der Waals surface area contributed by atoms with Crippen molar-refractivity contribution in [2.45, 2.75) is 26.1 Å². The van der Waals surface area contributed by atoms with Crippen LogP contribution in [0.3, 0.4) is 0 Å². The molecule has 0 saturated heterocycles. The summed E-state index contributed by atoms with van der Waals surface area (Å²) in [6.07, 6.45) is 1.50. The minimum Gasteiger partial charge on any atom is -0.493 e. The normalized spacial score (nSPS) is 11.0. The third-order valence-corrected chi connectivity index (χ3v) is 4.78. The van der Waals surface area contributed by atoms with Gasteiger partial charge in [-0.15, -0.1) is 11.3 Å². The summed E-state index contributed by atoms with van der Waals surface area (Å²) in [5.41, 5.74) is 0.381. The third kappa shape index (κ3) is 4.63. The third-order valence-electron chi connectivity index (χ3n) is 3.96. The Morgan fingerprint density at radius 1 is 1.32 bits per heavy atom. The van der Waals surface area contributed by atoms with Gasteiger partial charge in [0, 0.05) is 19.5 Å². The number of rotatable bonds is 8. The number of ether oxygens (including phenoxy) is 2. The Hall–Kier alpha value is -3.01. The lowest BCUT2D eigenvalue weighted by Gasteiger charge is -2.12. The highest BCUT2D eigenvalue weighted by atomic mass is 32.1. The Bertz CT molecular complexity index is 1040. The van der Waals surface area contributed by atoms with Crippen LogP contribution >= 0.6 is 11.3 Å². The van der Waals surface area contributed by atoms with Crippen molar-refractivity contribution >= 4 is 27.5 Å². The van der Waals surface area contributed by atoms with Gasteiger partial charge in [0.15, 0.2) is 11.5 Å². The molecule has 2 heterocycles. The van der Waals surface area contributed by atoms with E-state index in [0.717, 1.165) is 0 Å². The summed E-state index contributed by atoms with van der Waals surface area (Å²) in [5, 5.41) is 5.00. The molecule has 3 rings (SSSR count). The fraction of sp³-hybridized carbons (Fsp3) is 0.278. The van der Waals surface area contributed by atoms with E-state index in [2.05, 4.69) is 15.0 Å². The molecule has 0 atom stereocenters. The van der Waals surface area contributed by atoms with Gasteiger partial charge in [-0.05, 0) is 29.1 Å². The van der Waals surface area contributed by atoms with Crippen molar-refractivity contribution < 1.29 is 23.0 Å². The number of benzene rings is 1. The summed E-state index contributed by atoms with van der Waals surface area (Å²) in [5.74, 6) is -0.221. The molecule has 0 saturated carbocycles. The van der Waals surface area contributed by atoms with Crippen LogP contribution < -0.4 is 20.3 Å². The molecule has 3 aromatic rings. The van der Waals surface area contributed by atoms with E-state index in [-0.39, 0.29) is 42.5 Å². The lowest BCUT2D eigenvalue weighted by Crippen LogP contribution is -2.27. The number of aryl methyl sites for hydroxylation is 1. The smallest absolute Gasteiger partial charge is 0.387 e. The van der Waals surface area contributed by atoms with Crippen LogP contribution in [0.1, 0.15) is 12.0 Å². The van der Waals surface area contributed by atoms with Crippen molar-refractivity contribution in [2.75, 3.05) is 7.11 Å². The zero-order valence-corrected chi connectivity index (χ0v) is 15.7. The van der Waals surface area contributed by atoms with Crippen LogP contribution in [0.15, 0.2) is 40.8 Å². The van der Waals surface area contributed by atoms with E-state index in [9.17, 15) is 18.4 Å². The van der Waals surface area contributed by atoms with Crippen molar-refractivity contribution in [2.24, 2.45) is 0 Å². The highest BCUT2D eigenvalue weighted by Gasteiger charge is 2.12. The first kappa shape index (κ1) is 19.7. The van der Waals surface area contributed by atoms with Crippen LogP contribution in [0.25, 0.3) is 10.2 Å². The predicted molar refractivity (Wildman–Crippen MR) is 100.0 cm³/mol. The second kappa shape index (κ2) is 8.79. The average molecular weight is 409 g/mol. The van der Waals surface area contributed by atoms with Crippen molar-refractivity contribution in [1.29, 1.82) is 0 Å². The SMILES string of the molecule is COc1ccc(CNC(=O)CCn2cnc3sccc3c2=O)cc1OC(F)F. The van der Waals surface area contributed by atoms with Crippen molar-refractivity contribution in [3.05, 3.63) is 51.9 Å². The van der Waals surface area contributed by atoms with E-state index < -0.39 is 6.61 Å². The molecule has 148 valence electrons. The Labute approximate surface area is 162 Å². The van der Waals surface area contributed by atoms with Gasteiger partial charge in [-0.3, -0.25) is 14.2 Å². The quantitative estimate of drug-likeness (QED) is 0.619. The maximum absolute atomic E-state index is 12.5. The number of halogens is 2. The maximum atomic E-state index is 12.5. The van der Waals surface area contributed by atoms with E-state index in [4.69, 9.17) is 4.74 Å². The number of nitrogens with one attached hydrogen (secondary N) is 1.